The number of aliphatic hydroxyl groups is 1. The minimum Gasteiger partial charge on any atom is -0.386 e. The molecule has 24 heavy (non-hydrogen) atoms. The van der Waals surface area contributed by atoms with Crippen LogP contribution in [-0.2, 0) is 0 Å². The number of rotatable bonds is 9. The third-order valence-electron chi connectivity index (χ3n) is 3.79. The van der Waals surface area contributed by atoms with Crippen LogP contribution < -0.4 is 10.6 Å². The summed E-state index contributed by atoms with van der Waals surface area (Å²) < 4.78 is 0.682. The molecule has 1 rings (SSSR count). The van der Waals surface area contributed by atoms with Gasteiger partial charge in [-0.05, 0) is 39.4 Å². The molecule has 0 aliphatic rings. The second-order valence-corrected chi connectivity index (χ2v) is 7.29. The van der Waals surface area contributed by atoms with Gasteiger partial charge in [-0.1, -0.05) is 18.5 Å². The molecule has 1 heterocycles. The van der Waals surface area contributed by atoms with E-state index in [1.54, 1.807) is 6.07 Å². The number of hydrogen-bond donors (Lipinski definition) is 3. The Bertz CT molecular complexity index is 486. The van der Waals surface area contributed by atoms with Crippen molar-refractivity contribution in [2.45, 2.75) is 39.3 Å². The molecule has 0 aliphatic heterocycles. The number of nitrogens with zero attached hydrogens (tertiary/aromatic N) is 2. The summed E-state index contributed by atoms with van der Waals surface area (Å²) in [5.41, 5.74) is 0. The summed E-state index contributed by atoms with van der Waals surface area (Å²) >= 11 is 7.28. The Labute approximate surface area is 171 Å². The number of aliphatic hydroxyl groups excluding tert-OH is 1. The molecule has 0 fully saturated rings. The molecule has 0 spiro atoms. The van der Waals surface area contributed by atoms with Crippen molar-refractivity contribution in [2.24, 2.45) is 4.99 Å². The normalized spacial score (nSPS) is 14.2. The van der Waals surface area contributed by atoms with Crippen LogP contribution in [0.1, 0.15) is 38.2 Å². The van der Waals surface area contributed by atoms with Crippen LogP contribution in [0.3, 0.4) is 0 Å². The number of halogens is 2. The van der Waals surface area contributed by atoms with Gasteiger partial charge in [0.1, 0.15) is 6.10 Å². The molecule has 3 N–H and O–H groups in total. The van der Waals surface area contributed by atoms with Crippen molar-refractivity contribution in [3.8, 4) is 0 Å². The first-order valence-electron chi connectivity index (χ1n) is 8.13. The lowest BCUT2D eigenvalue weighted by Crippen LogP contribution is -2.42. The Kier molecular flexibility index (Phi) is 13.1. The van der Waals surface area contributed by atoms with E-state index in [4.69, 9.17) is 11.6 Å². The predicted octanol–water partition coefficient (Wildman–Crippen LogP) is 3.34. The van der Waals surface area contributed by atoms with Crippen LogP contribution in [0.4, 0.5) is 0 Å². The average molecular weight is 489 g/mol. The lowest BCUT2D eigenvalue weighted by atomic mass is 10.2. The maximum atomic E-state index is 10.2. The van der Waals surface area contributed by atoms with E-state index >= 15 is 0 Å². The topological polar surface area (TPSA) is 59.9 Å². The fraction of sp³-hybridized carbons (Fsp3) is 0.688. The van der Waals surface area contributed by atoms with E-state index in [0.29, 0.717) is 16.9 Å². The molecular formula is C16H30ClIN4OS. The third kappa shape index (κ3) is 8.84. The first-order valence-corrected chi connectivity index (χ1v) is 9.33. The van der Waals surface area contributed by atoms with Gasteiger partial charge in [0, 0.05) is 30.6 Å². The van der Waals surface area contributed by atoms with Crippen molar-refractivity contribution in [3.63, 3.8) is 0 Å². The summed E-state index contributed by atoms with van der Waals surface area (Å²) in [4.78, 5) is 7.61. The molecule has 140 valence electrons. The third-order valence-corrected chi connectivity index (χ3v) is 5.12. The van der Waals surface area contributed by atoms with Gasteiger partial charge >= 0.3 is 0 Å². The number of guanidine groups is 1. The van der Waals surface area contributed by atoms with Crippen molar-refractivity contribution < 1.29 is 5.11 Å². The van der Waals surface area contributed by atoms with Crippen molar-refractivity contribution in [1.29, 1.82) is 0 Å². The minimum atomic E-state index is -0.620. The summed E-state index contributed by atoms with van der Waals surface area (Å²) in [6, 6.07) is 4.21. The van der Waals surface area contributed by atoms with Gasteiger partial charge in [-0.3, -0.25) is 4.99 Å². The lowest BCUT2D eigenvalue weighted by Gasteiger charge is -2.24. The number of nitrogens with one attached hydrogen (secondary N) is 2. The molecule has 0 aliphatic carbocycles. The lowest BCUT2D eigenvalue weighted by molar-refractivity contribution is 0.191. The summed E-state index contributed by atoms with van der Waals surface area (Å²) in [6.45, 7) is 9.30. The highest BCUT2D eigenvalue weighted by molar-refractivity contribution is 14.0. The Hall–Kier alpha value is -0.0900. The summed E-state index contributed by atoms with van der Waals surface area (Å²) in [5.74, 6) is 0.728. The van der Waals surface area contributed by atoms with Gasteiger partial charge in [-0.15, -0.1) is 35.3 Å². The number of hydrogen-bond acceptors (Lipinski definition) is 4. The molecule has 0 saturated heterocycles. The maximum Gasteiger partial charge on any atom is 0.191 e. The highest BCUT2D eigenvalue weighted by Crippen LogP contribution is 2.26. The average Bonchev–Trinajstić information content (AvgIpc) is 2.97. The molecule has 0 saturated carbocycles. The first-order chi connectivity index (χ1) is 11.0. The van der Waals surface area contributed by atoms with E-state index in [1.807, 2.05) is 13.0 Å². The molecule has 0 aromatic carbocycles. The molecule has 0 amide bonds. The van der Waals surface area contributed by atoms with E-state index in [2.05, 4.69) is 41.4 Å². The minimum absolute atomic E-state index is 0. The van der Waals surface area contributed by atoms with Gasteiger partial charge in [-0.25, -0.2) is 0 Å². The standard InChI is InChI=1S/C16H29ClN4OS.HI/c1-5-12(3)21(4)10-9-19-16(18-6-2)20-11-13(22)14-7-8-15(17)23-14;/h7-8,12-13,22H,5-6,9-11H2,1-4H3,(H2,18,19,20);1H. The Morgan fingerprint density at radius 3 is 2.62 bits per heavy atom. The monoisotopic (exact) mass is 488 g/mol. The van der Waals surface area contributed by atoms with Crippen LogP contribution in [0.15, 0.2) is 17.1 Å². The Balaban J connectivity index is 0.00000529. The molecular weight excluding hydrogens is 459 g/mol. The highest BCUT2D eigenvalue weighted by Gasteiger charge is 2.10. The first kappa shape index (κ1) is 23.9. The van der Waals surface area contributed by atoms with Crippen LogP contribution in [0.25, 0.3) is 0 Å². The molecule has 0 bridgehead atoms. The summed E-state index contributed by atoms with van der Waals surface area (Å²) in [5, 5.41) is 16.7. The van der Waals surface area contributed by atoms with Gasteiger partial charge in [0.2, 0.25) is 0 Å². The molecule has 8 heteroatoms. The molecule has 5 nitrogen and oxygen atoms in total. The molecule has 2 unspecified atom stereocenters. The second kappa shape index (κ2) is 13.2. The molecule has 1 aromatic heterocycles. The van der Waals surface area contributed by atoms with E-state index in [0.717, 1.165) is 36.9 Å². The van der Waals surface area contributed by atoms with Gasteiger partial charge in [0.15, 0.2) is 5.96 Å². The molecule has 1 aromatic rings. The Morgan fingerprint density at radius 1 is 1.38 bits per heavy atom. The smallest absolute Gasteiger partial charge is 0.191 e. The van der Waals surface area contributed by atoms with E-state index < -0.39 is 6.10 Å². The van der Waals surface area contributed by atoms with E-state index in [1.165, 1.54) is 11.3 Å². The molecule has 2 atom stereocenters. The van der Waals surface area contributed by atoms with Crippen LogP contribution >= 0.6 is 46.9 Å². The zero-order valence-electron chi connectivity index (χ0n) is 14.9. The number of thiophene rings is 1. The summed E-state index contributed by atoms with van der Waals surface area (Å²) in [7, 11) is 2.13. The van der Waals surface area contributed by atoms with E-state index in [9.17, 15) is 5.11 Å². The predicted molar refractivity (Wildman–Crippen MR) is 116 cm³/mol. The quantitative estimate of drug-likeness (QED) is 0.283. The fourth-order valence-corrected chi connectivity index (χ4v) is 3.04. The fourth-order valence-electron chi connectivity index (χ4n) is 2.00. The van der Waals surface area contributed by atoms with Crippen molar-refractivity contribution in [2.75, 3.05) is 33.2 Å². The van der Waals surface area contributed by atoms with Crippen LogP contribution in [0.2, 0.25) is 4.34 Å². The summed E-state index contributed by atoms with van der Waals surface area (Å²) in [6.07, 6.45) is 0.519. The number of aliphatic imine (C=N–C) groups is 1. The van der Waals surface area contributed by atoms with Gasteiger partial charge in [0.05, 0.1) is 10.9 Å². The Morgan fingerprint density at radius 2 is 2.08 bits per heavy atom. The zero-order valence-corrected chi connectivity index (χ0v) is 18.8. The van der Waals surface area contributed by atoms with Crippen LogP contribution in [0.5, 0.6) is 0 Å². The highest BCUT2D eigenvalue weighted by atomic mass is 127. The zero-order chi connectivity index (χ0) is 17.2. The second-order valence-electron chi connectivity index (χ2n) is 5.54. The van der Waals surface area contributed by atoms with Gasteiger partial charge in [-0.2, -0.15) is 0 Å². The van der Waals surface area contributed by atoms with Crippen molar-refractivity contribution in [3.05, 3.63) is 21.3 Å². The van der Waals surface area contributed by atoms with Crippen molar-refractivity contribution >= 4 is 52.9 Å². The van der Waals surface area contributed by atoms with Gasteiger partial charge in [0.25, 0.3) is 0 Å². The van der Waals surface area contributed by atoms with Crippen LogP contribution in [-0.4, -0.2) is 55.2 Å². The molecule has 0 radical (unpaired) electrons. The maximum absolute atomic E-state index is 10.2. The van der Waals surface area contributed by atoms with Crippen molar-refractivity contribution in [1.82, 2.24) is 15.5 Å². The van der Waals surface area contributed by atoms with E-state index in [-0.39, 0.29) is 24.0 Å². The largest absolute Gasteiger partial charge is 0.386 e. The number of likely N-dealkylation sites (N-methyl/N-ethyl adjacent to an activating group) is 1. The van der Waals surface area contributed by atoms with Crippen LogP contribution in [0, 0.1) is 0 Å². The van der Waals surface area contributed by atoms with Gasteiger partial charge < -0.3 is 20.6 Å². The SMILES string of the molecule is CCNC(=NCC(O)c1ccc(Cl)s1)NCCN(C)C(C)CC.I.